The van der Waals surface area contributed by atoms with Crippen molar-refractivity contribution in [2.45, 2.75) is 20.0 Å². The summed E-state index contributed by atoms with van der Waals surface area (Å²) in [5.41, 5.74) is -0.444. The monoisotopic (exact) mass is 243 g/mol. The first-order valence-electron chi connectivity index (χ1n) is 4.93. The number of nitrogens with one attached hydrogen (secondary N) is 1. The molecule has 0 aliphatic carbocycles. The van der Waals surface area contributed by atoms with Crippen molar-refractivity contribution >= 4 is 11.5 Å². The van der Waals surface area contributed by atoms with Gasteiger partial charge in [0.05, 0.1) is 11.3 Å². The second-order valence-corrected chi connectivity index (χ2v) is 3.61. The smallest absolute Gasteiger partial charge is 0.359 e. The van der Waals surface area contributed by atoms with Crippen molar-refractivity contribution in [2.24, 2.45) is 0 Å². The van der Waals surface area contributed by atoms with Gasteiger partial charge in [0.25, 0.3) is 0 Å². The van der Waals surface area contributed by atoms with Gasteiger partial charge in [0, 0.05) is 5.70 Å². The summed E-state index contributed by atoms with van der Waals surface area (Å²) in [5.74, 6) is -0.223. The Morgan fingerprint density at radius 3 is 2.35 bits per heavy atom. The lowest BCUT2D eigenvalue weighted by Gasteiger charge is -2.14. The fourth-order valence-electron chi connectivity index (χ4n) is 1.39. The van der Waals surface area contributed by atoms with Crippen LogP contribution in [0.1, 0.15) is 19.4 Å². The molecule has 0 aromatic heterocycles. The van der Waals surface area contributed by atoms with E-state index in [1.54, 1.807) is 0 Å². The molecule has 0 amide bonds. The average Bonchev–Trinajstić information content (AvgIpc) is 2.15. The minimum Gasteiger partial charge on any atom is -0.359 e. The first kappa shape index (κ1) is 13.3. The Kier molecular flexibility index (Phi) is 3.93. The minimum atomic E-state index is -4.42. The van der Waals surface area contributed by atoms with Gasteiger partial charge < -0.3 is 5.32 Å². The van der Waals surface area contributed by atoms with Crippen LogP contribution in [0.15, 0.2) is 36.0 Å². The predicted octanol–water partition coefficient (Wildman–Crippen LogP) is 3.61. The first-order valence-corrected chi connectivity index (χ1v) is 4.93. The maximum absolute atomic E-state index is 12.6. The molecule has 1 aromatic carbocycles. The Hall–Kier alpha value is -1.78. The van der Waals surface area contributed by atoms with Crippen molar-refractivity contribution in [2.75, 3.05) is 5.32 Å². The number of hydrogen-bond acceptors (Lipinski definition) is 2. The lowest BCUT2D eigenvalue weighted by molar-refractivity contribution is -0.136. The van der Waals surface area contributed by atoms with E-state index in [-0.39, 0.29) is 11.5 Å². The van der Waals surface area contributed by atoms with Crippen LogP contribution >= 0.6 is 0 Å². The summed E-state index contributed by atoms with van der Waals surface area (Å²) in [6.07, 6.45) is -3.17. The van der Waals surface area contributed by atoms with Crippen molar-refractivity contribution in [3.63, 3.8) is 0 Å². The molecule has 1 aromatic rings. The fourth-order valence-corrected chi connectivity index (χ4v) is 1.39. The number of carbonyl (C=O) groups is 1. The molecule has 0 atom stereocenters. The summed E-state index contributed by atoms with van der Waals surface area (Å²) >= 11 is 0. The molecule has 92 valence electrons. The molecule has 0 unspecified atom stereocenters. The molecule has 17 heavy (non-hydrogen) atoms. The maximum Gasteiger partial charge on any atom is 0.418 e. The Morgan fingerprint density at radius 2 is 1.82 bits per heavy atom. The molecule has 1 rings (SSSR count). The van der Waals surface area contributed by atoms with E-state index in [4.69, 9.17) is 0 Å². The molecule has 0 aliphatic rings. The van der Waals surface area contributed by atoms with Crippen LogP contribution in [0.3, 0.4) is 0 Å². The summed E-state index contributed by atoms with van der Waals surface area (Å²) < 4.78 is 37.9. The summed E-state index contributed by atoms with van der Waals surface area (Å²) in [5, 5.41) is 2.57. The van der Waals surface area contributed by atoms with Gasteiger partial charge in [-0.25, -0.2) is 0 Å². The lowest BCUT2D eigenvalue weighted by Crippen LogP contribution is -2.10. The van der Waals surface area contributed by atoms with E-state index in [2.05, 4.69) is 5.32 Å². The second kappa shape index (κ2) is 5.03. The van der Waals surface area contributed by atoms with Gasteiger partial charge in [-0.3, -0.25) is 4.79 Å². The molecule has 0 saturated carbocycles. The van der Waals surface area contributed by atoms with E-state index < -0.39 is 11.7 Å². The summed E-state index contributed by atoms with van der Waals surface area (Å²) in [6.45, 7) is 2.87. The van der Waals surface area contributed by atoms with Crippen molar-refractivity contribution in [1.29, 1.82) is 0 Å². The number of rotatable bonds is 3. The SMILES string of the molecule is CC(=O)/C=C(\C)Nc1ccccc1C(F)(F)F. The Bertz CT molecular complexity index is 449. The average molecular weight is 243 g/mol. The van der Waals surface area contributed by atoms with Gasteiger partial charge in [-0.05, 0) is 32.1 Å². The molecule has 1 N–H and O–H groups in total. The molecule has 0 spiro atoms. The summed E-state index contributed by atoms with van der Waals surface area (Å²) in [4.78, 5) is 10.8. The van der Waals surface area contributed by atoms with E-state index in [1.165, 1.54) is 38.1 Å². The van der Waals surface area contributed by atoms with E-state index in [1.807, 2.05) is 0 Å². The third-order valence-corrected chi connectivity index (χ3v) is 1.98. The van der Waals surface area contributed by atoms with Crippen LogP contribution in [0.4, 0.5) is 18.9 Å². The van der Waals surface area contributed by atoms with Crippen molar-refractivity contribution in [3.05, 3.63) is 41.6 Å². The molecule has 0 heterocycles. The Labute approximate surface area is 97.1 Å². The fraction of sp³-hybridized carbons (Fsp3) is 0.250. The number of ketones is 1. The number of hydrogen-bond donors (Lipinski definition) is 1. The van der Waals surface area contributed by atoms with E-state index >= 15 is 0 Å². The van der Waals surface area contributed by atoms with E-state index in [9.17, 15) is 18.0 Å². The van der Waals surface area contributed by atoms with Crippen molar-refractivity contribution in [3.8, 4) is 0 Å². The van der Waals surface area contributed by atoms with Crippen LogP contribution in [0.25, 0.3) is 0 Å². The molecule has 5 heteroatoms. The van der Waals surface area contributed by atoms with Gasteiger partial charge in [0.1, 0.15) is 0 Å². The third kappa shape index (κ3) is 3.94. The number of allylic oxidation sites excluding steroid dienone is 2. The van der Waals surface area contributed by atoms with Gasteiger partial charge in [0.15, 0.2) is 5.78 Å². The molecule has 0 saturated heterocycles. The number of benzene rings is 1. The van der Waals surface area contributed by atoms with Crippen LogP contribution in [0.2, 0.25) is 0 Å². The van der Waals surface area contributed by atoms with Crippen molar-refractivity contribution < 1.29 is 18.0 Å². The molecule has 0 radical (unpaired) electrons. The van der Waals surface area contributed by atoms with Crippen LogP contribution in [-0.2, 0) is 11.0 Å². The third-order valence-electron chi connectivity index (χ3n) is 1.98. The van der Waals surface area contributed by atoms with Gasteiger partial charge in [0.2, 0.25) is 0 Å². The first-order chi connectivity index (χ1) is 7.80. The zero-order valence-electron chi connectivity index (χ0n) is 9.43. The highest BCUT2D eigenvalue weighted by Gasteiger charge is 2.33. The zero-order valence-corrected chi connectivity index (χ0v) is 9.43. The normalized spacial score (nSPS) is 12.4. The number of carbonyl (C=O) groups excluding carboxylic acids is 1. The largest absolute Gasteiger partial charge is 0.418 e. The molecule has 0 aliphatic heterocycles. The second-order valence-electron chi connectivity index (χ2n) is 3.61. The summed E-state index contributed by atoms with van der Waals surface area (Å²) in [6, 6.07) is 5.13. The topological polar surface area (TPSA) is 29.1 Å². The van der Waals surface area contributed by atoms with Gasteiger partial charge >= 0.3 is 6.18 Å². The predicted molar refractivity (Wildman–Crippen MR) is 59.5 cm³/mol. The lowest BCUT2D eigenvalue weighted by atomic mass is 10.1. The number of alkyl halides is 3. The van der Waals surface area contributed by atoms with E-state index in [0.29, 0.717) is 5.70 Å². The van der Waals surface area contributed by atoms with Crippen LogP contribution in [0.5, 0.6) is 0 Å². The van der Waals surface area contributed by atoms with Crippen molar-refractivity contribution in [1.82, 2.24) is 0 Å². The highest BCUT2D eigenvalue weighted by Crippen LogP contribution is 2.34. The molecule has 0 bridgehead atoms. The maximum atomic E-state index is 12.6. The minimum absolute atomic E-state index is 0.0602. The van der Waals surface area contributed by atoms with Gasteiger partial charge in [-0.2, -0.15) is 13.2 Å². The highest BCUT2D eigenvalue weighted by atomic mass is 19.4. The molecular formula is C12H12F3NO. The number of halogens is 3. The Balaban J connectivity index is 3.04. The highest BCUT2D eigenvalue weighted by molar-refractivity contribution is 5.88. The molecule has 2 nitrogen and oxygen atoms in total. The Morgan fingerprint density at radius 1 is 1.24 bits per heavy atom. The van der Waals surface area contributed by atoms with Gasteiger partial charge in [-0.1, -0.05) is 12.1 Å². The van der Waals surface area contributed by atoms with Crippen LogP contribution in [0, 0.1) is 0 Å². The quantitative estimate of drug-likeness (QED) is 0.821. The molecular weight excluding hydrogens is 231 g/mol. The van der Waals surface area contributed by atoms with E-state index in [0.717, 1.165) is 6.07 Å². The summed E-state index contributed by atoms with van der Waals surface area (Å²) in [7, 11) is 0. The van der Waals surface area contributed by atoms with Crippen LogP contribution in [-0.4, -0.2) is 5.78 Å². The number of anilines is 1. The van der Waals surface area contributed by atoms with Gasteiger partial charge in [-0.15, -0.1) is 0 Å². The number of para-hydroxylation sites is 1. The molecule has 0 fully saturated rings. The standard InChI is InChI=1S/C12H12F3NO/c1-8(7-9(2)17)16-11-6-4-3-5-10(11)12(13,14)15/h3-7,16H,1-2H3/b8-7+. The van der Waals surface area contributed by atoms with Crippen LogP contribution < -0.4 is 5.32 Å². The zero-order chi connectivity index (χ0) is 13.1.